The number of nitrogens with two attached hydrogens (primary N) is 1. The van der Waals surface area contributed by atoms with Crippen molar-refractivity contribution in [1.29, 1.82) is 0 Å². The van der Waals surface area contributed by atoms with Crippen LogP contribution in [0.4, 0.5) is 5.69 Å². The van der Waals surface area contributed by atoms with Crippen molar-refractivity contribution < 1.29 is 9.59 Å². The molecule has 2 aromatic rings. The van der Waals surface area contributed by atoms with Gasteiger partial charge in [-0.05, 0) is 52.9 Å². The third-order valence-electron chi connectivity index (χ3n) is 2.68. The van der Waals surface area contributed by atoms with Gasteiger partial charge in [0, 0.05) is 12.9 Å². The van der Waals surface area contributed by atoms with Crippen LogP contribution in [-0.4, -0.2) is 17.6 Å². The second-order valence-electron chi connectivity index (χ2n) is 4.33. The summed E-state index contributed by atoms with van der Waals surface area (Å²) in [6.07, 6.45) is 0. The van der Waals surface area contributed by atoms with E-state index in [1.165, 1.54) is 11.8 Å². The van der Waals surface area contributed by atoms with Gasteiger partial charge < -0.3 is 11.1 Å². The lowest BCUT2D eigenvalue weighted by atomic mass is 10.2. The maximum absolute atomic E-state index is 12.4. The standard InChI is InChI=1S/C15H12BrIN2O2S/c16-9-5-6-11(17)10(7-9)15(21)19-12-3-1-2-4-13(12)22-8-14(18)20/h1-7H,8H2,(H2,18,20)(H,19,21). The summed E-state index contributed by atoms with van der Waals surface area (Å²) in [6.45, 7) is 0. The number of carbonyl (C=O) groups excluding carboxylic acids is 2. The van der Waals surface area contributed by atoms with E-state index in [0.717, 1.165) is 12.9 Å². The summed E-state index contributed by atoms with van der Waals surface area (Å²) in [5, 5.41) is 2.88. The molecule has 0 aliphatic heterocycles. The number of amides is 2. The first-order valence-corrected chi connectivity index (χ1v) is 9.09. The predicted molar refractivity (Wildman–Crippen MR) is 101 cm³/mol. The number of anilines is 1. The van der Waals surface area contributed by atoms with Crippen LogP contribution in [0.2, 0.25) is 0 Å². The number of hydrogen-bond acceptors (Lipinski definition) is 3. The van der Waals surface area contributed by atoms with Crippen LogP contribution in [-0.2, 0) is 4.79 Å². The van der Waals surface area contributed by atoms with Crippen LogP contribution < -0.4 is 11.1 Å². The van der Waals surface area contributed by atoms with Gasteiger partial charge in [0.25, 0.3) is 5.91 Å². The highest BCUT2D eigenvalue weighted by Crippen LogP contribution is 2.28. The molecule has 0 spiro atoms. The molecule has 2 aromatic carbocycles. The maximum atomic E-state index is 12.4. The Morgan fingerprint density at radius 3 is 2.68 bits per heavy atom. The zero-order chi connectivity index (χ0) is 16.1. The van der Waals surface area contributed by atoms with Crippen molar-refractivity contribution in [1.82, 2.24) is 0 Å². The summed E-state index contributed by atoms with van der Waals surface area (Å²) in [5.74, 6) is -0.424. The van der Waals surface area contributed by atoms with Crippen molar-refractivity contribution in [2.45, 2.75) is 4.90 Å². The summed E-state index contributed by atoms with van der Waals surface area (Å²) >= 11 is 6.79. The van der Waals surface area contributed by atoms with Crippen molar-refractivity contribution in [3.8, 4) is 0 Å². The number of benzene rings is 2. The molecule has 22 heavy (non-hydrogen) atoms. The van der Waals surface area contributed by atoms with E-state index in [1.807, 2.05) is 30.3 Å². The first kappa shape index (κ1) is 17.3. The molecule has 0 unspecified atom stereocenters. The fourth-order valence-electron chi connectivity index (χ4n) is 1.71. The molecule has 0 radical (unpaired) electrons. The fraction of sp³-hybridized carbons (Fsp3) is 0.0667. The minimum absolute atomic E-state index is 0.168. The van der Waals surface area contributed by atoms with Crippen LogP contribution in [0.15, 0.2) is 51.8 Å². The highest BCUT2D eigenvalue weighted by molar-refractivity contribution is 14.1. The van der Waals surface area contributed by atoms with E-state index < -0.39 is 5.91 Å². The lowest BCUT2D eigenvalue weighted by Crippen LogP contribution is -2.15. The number of nitrogens with one attached hydrogen (secondary N) is 1. The minimum atomic E-state index is -0.396. The molecule has 0 heterocycles. The molecule has 0 aliphatic rings. The maximum Gasteiger partial charge on any atom is 0.256 e. The molecule has 0 saturated heterocycles. The van der Waals surface area contributed by atoms with Crippen LogP contribution in [0.3, 0.4) is 0 Å². The van der Waals surface area contributed by atoms with Gasteiger partial charge >= 0.3 is 0 Å². The number of rotatable bonds is 5. The average Bonchev–Trinajstić information content (AvgIpc) is 2.48. The molecule has 2 amide bonds. The lowest BCUT2D eigenvalue weighted by Gasteiger charge is -2.11. The summed E-state index contributed by atoms with van der Waals surface area (Å²) in [7, 11) is 0. The van der Waals surface area contributed by atoms with Crippen LogP contribution in [0, 0.1) is 3.57 Å². The van der Waals surface area contributed by atoms with Gasteiger partial charge in [-0.1, -0.05) is 28.1 Å². The van der Waals surface area contributed by atoms with Crippen molar-refractivity contribution in [2.24, 2.45) is 5.73 Å². The Balaban J connectivity index is 2.21. The number of para-hydroxylation sites is 1. The Morgan fingerprint density at radius 2 is 1.95 bits per heavy atom. The average molecular weight is 491 g/mol. The van der Waals surface area contributed by atoms with Crippen molar-refractivity contribution in [2.75, 3.05) is 11.1 Å². The monoisotopic (exact) mass is 490 g/mol. The quantitative estimate of drug-likeness (QED) is 0.493. The molecule has 0 aliphatic carbocycles. The number of thioether (sulfide) groups is 1. The van der Waals surface area contributed by atoms with Crippen LogP contribution >= 0.6 is 50.3 Å². The fourth-order valence-corrected chi connectivity index (χ4v) is 3.39. The zero-order valence-corrected chi connectivity index (χ0v) is 15.9. The number of halogens is 2. The summed E-state index contributed by atoms with van der Waals surface area (Å²) in [4.78, 5) is 24.2. The highest BCUT2D eigenvalue weighted by atomic mass is 127. The van der Waals surface area contributed by atoms with Crippen molar-refractivity contribution in [3.05, 3.63) is 56.1 Å². The third kappa shape index (κ3) is 4.72. The van der Waals surface area contributed by atoms with Gasteiger partial charge in [-0.3, -0.25) is 9.59 Å². The molecule has 0 bridgehead atoms. The Labute approximate surface area is 154 Å². The molecular weight excluding hydrogens is 479 g/mol. The topological polar surface area (TPSA) is 72.2 Å². The molecular formula is C15H12BrIN2O2S. The normalized spacial score (nSPS) is 10.3. The first-order chi connectivity index (χ1) is 10.5. The molecule has 0 atom stereocenters. The van der Waals surface area contributed by atoms with Gasteiger partial charge in [-0.15, -0.1) is 11.8 Å². The predicted octanol–water partition coefficient (Wildman–Crippen LogP) is 3.88. The lowest BCUT2D eigenvalue weighted by molar-refractivity contribution is -0.115. The Hall–Kier alpha value is -1.06. The van der Waals surface area contributed by atoms with Gasteiger partial charge in [0.15, 0.2) is 0 Å². The summed E-state index contributed by atoms with van der Waals surface area (Å²) in [6, 6.07) is 12.8. The number of hydrogen-bond donors (Lipinski definition) is 2. The van der Waals surface area contributed by atoms with Gasteiger partial charge in [0.2, 0.25) is 5.91 Å². The van der Waals surface area contributed by atoms with E-state index in [-0.39, 0.29) is 11.7 Å². The summed E-state index contributed by atoms with van der Waals surface area (Å²) in [5.41, 5.74) is 6.42. The molecule has 0 fully saturated rings. The van der Waals surface area contributed by atoms with Crippen LogP contribution in [0.5, 0.6) is 0 Å². The molecule has 4 nitrogen and oxygen atoms in total. The molecule has 114 valence electrons. The number of primary amides is 1. The molecule has 0 aromatic heterocycles. The van der Waals surface area contributed by atoms with Gasteiger partial charge in [0.1, 0.15) is 0 Å². The zero-order valence-electron chi connectivity index (χ0n) is 11.3. The SMILES string of the molecule is NC(=O)CSc1ccccc1NC(=O)c1cc(Br)ccc1I. The first-order valence-electron chi connectivity index (χ1n) is 6.24. The molecule has 3 N–H and O–H groups in total. The van der Waals surface area contributed by atoms with E-state index in [0.29, 0.717) is 11.3 Å². The summed E-state index contributed by atoms with van der Waals surface area (Å²) < 4.78 is 1.70. The van der Waals surface area contributed by atoms with E-state index in [4.69, 9.17) is 5.73 Å². The Kier molecular flexibility index (Phi) is 6.27. The Morgan fingerprint density at radius 1 is 1.23 bits per heavy atom. The van der Waals surface area contributed by atoms with Crippen LogP contribution in [0.1, 0.15) is 10.4 Å². The van der Waals surface area contributed by atoms with Crippen molar-refractivity contribution in [3.63, 3.8) is 0 Å². The highest BCUT2D eigenvalue weighted by Gasteiger charge is 2.13. The second kappa shape index (κ2) is 7.98. The van der Waals surface area contributed by atoms with Gasteiger partial charge in [-0.2, -0.15) is 0 Å². The second-order valence-corrected chi connectivity index (χ2v) is 7.42. The van der Waals surface area contributed by atoms with E-state index in [9.17, 15) is 9.59 Å². The molecule has 7 heteroatoms. The van der Waals surface area contributed by atoms with Gasteiger partial charge in [0.05, 0.1) is 17.0 Å². The van der Waals surface area contributed by atoms with Crippen molar-refractivity contribution >= 4 is 67.8 Å². The van der Waals surface area contributed by atoms with E-state index in [2.05, 4.69) is 43.8 Å². The largest absolute Gasteiger partial charge is 0.369 e. The van der Waals surface area contributed by atoms with Gasteiger partial charge in [-0.25, -0.2) is 0 Å². The third-order valence-corrected chi connectivity index (χ3v) is 5.21. The minimum Gasteiger partial charge on any atom is -0.369 e. The smallest absolute Gasteiger partial charge is 0.256 e. The number of carbonyl (C=O) groups is 2. The Bertz CT molecular complexity index is 724. The van der Waals surface area contributed by atoms with E-state index >= 15 is 0 Å². The molecule has 0 saturated carbocycles. The molecule has 2 rings (SSSR count). The van der Waals surface area contributed by atoms with E-state index in [1.54, 1.807) is 12.1 Å². The van der Waals surface area contributed by atoms with Crippen LogP contribution in [0.25, 0.3) is 0 Å².